The third-order valence-electron chi connectivity index (χ3n) is 8.63. The van der Waals surface area contributed by atoms with Crippen molar-refractivity contribution < 1.29 is 24.2 Å². The number of aryl methyl sites for hydroxylation is 2. The van der Waals surface area contributed by atoms with Gasteiger partial charge in [0.2, 0.25) is 17.7 Å². The van der Waals surface area contributed by atoms with Crippen molar-refractivity contribution in [2.24, 2.45) is 17.8 Å². The molecule has 3 saturated heterocycles. The van der Waals surface area contributed by atoms with E-state index in [-0.39, 0.29) is 30.2 Å². The number of aliphatic hydroxyl groups excluding tert-OH is 1. The minimum atomic E-state index is -1.03. The standard InChI is InChI=1S/C27H39N3O5/c1-16-11-10-12-17(2)21(16)29-24(33)22-27-15-18(3)26(4,35-27)19(23(32)28-5)20(27)25(34)30(22)13-8-6-7-9-14-31/h10-12,18-20,22,31H,6-9,13-15H2,1-5H3,(H,28,32)(H,29,33)/t18?,19-,20-,22?,26+,27?/m0/s1. The van der Waals surface area contributed by atoms with Gasteiger partial charge in [0.1, 0.15) is 11.6 Å². The topological polar surface area (TPSA) is 108 Å². The van der Waals surface area contributed by atoms with E-state index in [2.05, 4.69) is 10.6 Å². The van der Waals surface area contributed by atoms with Crippen LogP contribution in [-0.2, 0) is 19.1 Å². The molecule has 3 N–H and O–H groups in total. The lowest BCUT2D eigenvalue weighted by atomic mass is 9.62. The highest BCUT2D eigenvalue weighted by Crippen LogP contribution is 2.65. The van der Waals surface area contributed by atoms with E-state index in [0.717, 1.165) is 36.1 Å². The van der Waals surface area contributed by atoms with Gasteiger partial charge in [0, 0.05) is 25.9 Å². The van der Waals surface area contributed by atoms with Gasteiger partial charge in [-0.1, -0.05) is 38.0 Å². The van der Waals surface area contributed by atoms with E-state index in [0.29, 0.717) is 19.4 Å². The lowest BCUT2D eigenvalue weighted by Crippen LogP contribution is -2.54. The molecule has 0 radical (unpaired) electrons. The van der Waals surface area contributed by atoms with Crippen molar-refractivity contribution in [3.05, 3.63) is 29.3 Å². The van der Waals surface area contributed by atoms with Gasteiger partial charge in [0.25, 0.3) is 0 Å². The zero-order valence-electron chi connectivity index (χ0n) is 21.5. The van der Waals surface area contributed by atoms with Crippen LogP contribution < -0.4 is 10.6 Å². The molecule has 6 atom stereocenters. The number of aliphatic hydroxyl groups is 1. The molecular weight excluding hydrogens is 446 g/mol. The molecule has 3 amide bonds. The summed E-state index contributed by atoms with van der Waals surface area (Å²) in [5.74, 6) is -1.94. The van der Waals surface area contributed by atoms with E-state index in [1.807, 2.05) is 45.9 Å². The maximum Gasteiger partial charge on any atom is 0.250 e. The Kier molecular flexibility index (Phi) is 6.99. The normalized spacial score (nSPS) is 33.2. The van der Waals surface area contributed by atoms with Gasteiger partial charge in [-0.3, -0.25) is 14.4 Å². The number of likely N-dealkylation sites (tertiary alicyclic amines) is 1. The summed E-state index contributed by atoms with van der Waals surface area (Å²) in [4.78, 5) is 42.6. The molecule has 4 rings (SSSR count). The van der Waals surface area contributed by atoms with Crippen molar-refractivity contribution in [2.45, 2.75) is 77.0 Å². The number of para-hydroxylation sites is 1. The van der Waals surface area contributed by atoms with E-state index in [9.17, 15) is 14.4 Å². The summed E-state index contributed by atoms with van der Waals surface area (Å²) in [5, 5.41) is 14.9. The molecule has 3 aliphatic heterocycles. The van der Waals surface area contributed by atoms with Crippen molar-refractivity contribution in [1.82, 2.24) is 10.2 Å². The second kappa shape index (κ2) is 9.54. The zero-order chi connectivity index (χ0) is 25.5. The third-order valence-corrected chi connectivity index (χ3v) is 8.63. The number of unbranched alkanes of at least 4 members (excludes halogenated alkanes) is 3. The summed E-state index contributed by atoms with van der Waals surface area (Å²) in [6, 6.07) is 5.04. The Bertz CT molecular complexity index is 992. The molecular formula is C27H39N3O5. The van der Waals surface area contributed by atoms with Gasteiger partial charge < -0.3 is 25.4 Å². The van der Waals surface area contributed by atoms with Crippen LogP contribution in [0.2, 0.25) is 0 Å². The Morgan fingerprint density at radius 1 is 1.14 bits per heavy atom. The Hall–Kier alpha value is -2.45. The van der Waals surface area contributed by atoms with Crippen LogP contribution in [0.4, 0.5) is 5.69 Å². The second-order valence-electron chi connectivity index (χ2n) is 10.7. The summed E-state index contributed by atoms with van der Waals surface area (Å²) in [6.07, 6.45) is 3.70. The number of ether oxygens (including phenoxy) is 1. The molecule has 2 bridgehead atoms. The Morgan fingerprint density at radius 3 is 2.43 bits per heavy atom. The van der Waals surface area contributed by atoms with Crippen LogP contribution in [0, 0.1) is 31.6 Å². The monoisotopic (exact) mass is 485 g/mol. The van der Waals surface area contributed by atoms with Crippen molar-refractivity contribution in [3.63, 3.8) is 0 Å². The molecule has 1 aromatic rings. The molecule has 0 aromatic heterocycles. The first-order valence-electron chi connectivity index (χ1n) is 12.8. The molecule has 3 heterocycles. The molecule has 3 aliphatic rings. The Morgan fingerprint density at radius 2 is 1.80 bits per heavy atom. The molecule has 1 spiro atoms. The quantitative estimate of drug-likeness (QED) is 0.466. The molecule has 8 heteroatoms. The number of benzene rings is 1. The summed E-state index contributed by atoms with van der Waals surface area (Å²) < 4.78 is 6.68. The van der Waals surface area contributed by atoms with Crippen molar-refractivity contribution in [1.29, 1.82) is 0 Å². The molecule has 1 aromatic carbocycles. The second-order valence-corrected chi connectivity index (χ2v) is 10.7. The molecule has 0 saturated carbocycles. The predicted molar refractivity (Wildman–Crippen MR) is 133 cm³/mol. The number of hydrogen-bond donors (Lipinski definition) is 3. The van der Waals surface area contributed by atoms with Crippen LogP contribution in [0.5, 0.6) is 0 Å². The number of nitrogens with zero attached hydrogens (tertiary/aromatic N) is 1. The predicted octanol–water partition coefficient (Wildman–Crippen LogP) is 2.55. The maximum absolute atomic E-state index is 14.0. The summed E-state index contributed by atoms with van der Waals surface area (Å²) in [5.41, 5.74) is 0.821. The molecule has 0 aliphatic carbocycles. The molecule has 3 fully saturated rings. The van der Waals surface area contributed by atoms with E-state index >= 15 is 0 Å². The molecule has 3 unspecified atom stereocenters. The summed E-state index contributed by atoms with van der Waals surface area (Å²) in [7, 11) is 1.58. The number of carbonyl (C=O) groups is 3. The van der Waals surface area contributed by atoms with Crippen molar-refractivity contribution in [3.8, 4) is 0 Å². The first kappa shape index (κ1) is 25.6. The van der Waals surface area contributed by atoms with Gasteiger partial charge in [0.15, 0.2) is 0 Å². The number of nitrogens with one attached hydrogen (secondary N) is 2. The van der Waals surface area contributed by atoms with E-state index in [1.165, 1.54) is 0 Å². The smallest absolute Gasteiger partial charge is 0.250 e. The van der Waals surface area contributed by atoms with Gasteiger partial charge in [-0.2, -0.15) is 0 Å². The van der Waals surface area contributed by atoms with E-state index < -0.39 is 29.1 Å². The van der Waals surface area contributed by atoms with E-state index in [1.54, 1.807) is 11.9 Å². The Labute approximate surface area is 207 Å². The lowest BCUT2D eigenvalue weighted by molar-refractivity contribution is -0.146. The first-order chi connectivity index (χ1) is 16.6. The van der Waals surface area contributed by atoms with Crippen LogP contribution >= 0.6 is 0 Å². The highest BCUT2D eigenvalue weighted by atomic mass is 16.5. The highest BCUT2D eigenvalue weighted by molar-refractivity contribution is 6.04. The molecule has 8 nitrogen and oxygen atoms in total. The number of fused-ring (bicyclic) bond motifs is 1. The van der Waals surface area contributed by atoms with Crippen LogP contribution in [0.1, 0.15) is 57.1 Å². The van der Waals surface area contributed by atoms with Crippen LogP contribution in [0.25, 0.3) is 0 Å². The lowest BCUT2D eigenvalue weighted by Gasteiger charge is -2.36. The van der Waals surface area contributed by atoms with Gasteiger partial charge in [-0.25, -0.2) is 0 Å². The molecule has 192 valence electrons. The average molecular weight is 486 g/mol. The van der Waals surface area contributed by atoms with Crippen LogP contribution in [-0.4, -0.2) is 65.2 Å². The maximum atomic E-state index is 14.0. The van der Waals surface area contributed by atoms with Crippen molar-refractivity contribution >= 4 is 23.4 Å². The third kappa shape index (κ3) is 3.95. The number of hydrogen-bond acceptors (Lipinski definition) is 5. The van der Waals surface area contributed by atoms with Crippen LogP contribution in [0.3, 0.4) is 0 Å². The summed E-state index contributed by atoms with van der Waals surface area (Å²) in [6.45, 7) is 8.42. The van der Waals surface area contributed by atoms with Crippen LogP contribution in [0.15, 0.2) is 18.2 Å². The highest BCUT2D eigenvalue weighted by Gasteiger charge is 2.79. The van der Waals surface area contributed by atoms with Gasteiger partial charge in [0.05, 0.1) is 17.4 Å². The minimum Gasteiger partial charge on any atom is -0.396 e. The summed E-state index contributed by atoms with van der Waals surface area (Å²) >= 11 is 0. The van der Waals surface area contributed by atoms with Crippen molar-refractivity contribution in [2.75, 3.05) is 25.5 Å². The number of carbonyl (C=O) groups excluding carboxylic acids is 3. The fraction of sp³-hybridized carbons (Fsp3) is 0.667. The zero-order valence-corrected chi connectivity index (χ0v) is 21.5. The van der Waals surface area contributed by atoms with Gasteiger partial charge >= 0.3 is 0 Å². The van der Waals surface area contributed by atoms with Gasteiger partial charge in [-0.15, -0.1) is 0 Å². The molecule has 35 heavy (non-hydrogen) atoms. The fourth-order valence-electron chi connectivity index (χ4n) is 6.79. The number of amides is 3. The number of rotatable bonds is 9. The minimum absolute atomic E-state index is 0.0221. The SMILES string of the molecule is CNC(=O)[C@@H]1[C@H]2C(=O)N(CCCCCCO)C(C(=O)Nc3c(C)cccc3C)C23CC(C)[C@@]1(C)O3. The Balaban J connectivity index is 1.71. The van der Waals surface area contributed by atoms with E-state index in [4.69, 9.17) is 9.84 Å². The first-order valence-corrected chi connectivity index (χ1v) is 12.8. The largest absolute Gasteiger partial charge is 0.396 e. The van der Waals surface area contributed by atoms with Gasteiger partial charge in [-0.05, 0) is 57.1 Å². The average Bonchev–Trinajstić information content (AvgIpc) is 3.32. The fourth-order valence-corrected chi connectivity index (χ4v) is 6.79. The number of anilines is 1.